The minimum atomic E-state index is -0.131. The monoisotopic (exact) mass is 264 g/mol. The van der Waals surface area contributed by atoms with Crippen LogP contribution < -0.4 is 10.1 Å². The largest absolute Gasteiger partial charge is 0.497 e. The zero-order valence-electron chi connectivity index (χ0n) is 12.3. The standard InChI is InChI=1S/C15H24N2O2/c1-5-6-11-17(3)12(2)15(18)16-13-7-9-14(19-4)10-8-13/h7-10,12H,5-6,11H2,1-4H3,(H,16,18). The van der Waals surface area contributed by atoms with Crippen LogP contribution in [0.1, 0.15) is 26.7 Å². The van der Waals surface area contributed by atoms with Gasteiger partial charge in [0.2, 0.25) is 5.91 Å². The second-order valence-corrected chi connectivity index (χ2v) is 4.73. The van der Waals surface area contributed by atoms with E-state index in [0.717, 1.165) is 30.8 Å². The molecule has 0 aliphatic rings. The molecule has 1 unspecified atom stereocenters. The predicted molar refractivity (Wildman–Crippen MR) is 78.6 cm³/mol. The van der Waals surface area contributed by atoms with Crippen molar-refractivity contribution in [2.45, 2.75) is 32.7 Å². The van der Waals surface area contributed by atoms with Gasteiger partial charge in [-0.25, -0.2) is 0 Å². The van der Waals surface area contributed by atoms with Gasteiger partial charge in [-0.15, -0.1) is 0 Å². The third-order valence-corrected chi connectivity index (χ3v) is 3.26. The predicted octanol–water partition coefficient (Wildman–Crippen LogP) is 2.75. The van der Waals surface area contributed by atoms with Crippen molar-refractivity contribution < 1.29 is 9.53 Å². The lowest BCUT2D eigenvalue weighted by atomic mass is 10.2. The number of nitrogens with one attached hydrogen (secondary N) is 1. The average Bonchev–Trinajstić information content (AvgIpc) is 2.44. The molecule has 1 rings (SSSR count). The molecule has 0 fully saturated rings. The Morgan fingerprint density at radius 1 is 1.37 bits per heavy atom. The Bertz CT molecular complexity index is 390. The number of unbranched alkanes of at least 4 members (excludes halogenated alkanes) is 1. The number of carbonyl (C=O) groups is 1. The molecule has 0 bridgehead atoms. The Balaban J connectivity index is 2.52. The minimum Gasteiger partial charge on any atom is -0.497 e. The summed E-state index contributed by atoms with van der Waals surface area (Å²) in [5.74, 6) is 0.801. The van der Waals surface area contributed by atoms with Gasteiger partial charge in [0.25, 0.3) is 0 Å². The molecule has 1 aromatic rings. The maximum atomic E-state index is 12.1. The molecule has 0 radical (unpaired) electrons. The Labute approximate surface area is 115 Å². The van der Waals surface area contributed by atoms with Crippen LogP contribution >= 0.6 is 0 Å². The quantitative estimate of drug-likeness (QED) is 0.823. The van der Waals surface area contributed by atoms with E-state index in [2.05, 4.69) is 17.1 Å². The summed E-state index contributed by atoms with van der Waals surface area (Å²) in [5.41, 5.74) is 0.793. The van der Waals surface area contributed by atoms with Gasteiger partial charge in [0.05, 0.1) is 13.2 Å². The van der Waals surface area contributed by atoms with Crippen LogP contribution in [0.5, 0.6) is 5.75 Å². The van der Waals surface area contributed by atoms with Crippen LogP contribution in [0.15, 0.2) is 24.3 Å². The highest BCUT2D eigenvalue weighted by Crippen LogP contribution is 2.15. The van der Waals surface area contributed by atoms with Crippen LogP contribution in [0.2, 0.25) is 0 Å². The summed E-state index contributed by atoms with van der Waals surface area (Å²) in [7, 11) is 3.60. The van der Waals surface area contributed by atoms with E-state index < -0.39 is 0 Å². The van der Waals surface area contributed by atoms with Gasteiger partial charge in [0.1, 0.15) is 5.75 Å². The summed E-state index contributed by atoms with van der Waals surface area (Å²) < 4.78 is 5.08. The molecule has 0 aliphatic carbocycles. The normalized spacial score (nSPS) is 12.3. The van der Waals surface area contributed by atoms with E-state index in [9.17, 15) is 4.79 Å². The number of methoxy groups -OCH3 is 1. The highest BCUT2D eigenvalue weighted by Gasteiger charge is 2.17. The Morgan fingerprint density at radius 3 is 2.53 bits per heavy atom. The van der Waals surface area contributed by atoms with Crippen LogP contribution in [-0.4, -0.2) is 37.6 Å². The van der Waals surface area contributed by atoms with E-state index in [1.165, 1.54) is 0 Å². The number of amides is 1. The summed E-state index contributed by atoms with van der Waals surface area (Å²) in [6.07, 6.45) is 2.24. The SMILES string of the molecule is CCCCN(C)C(C)C(=O)Nc1ccc(OC)cc1. The number of hydrogen-bond donors (Lipinski definition) is 1. The van der Waals surface area contributed by atoms with Gasteiger partial charge >= 0.3 is 0 Å². The molecule has 106 valence electrons. The molecule has 0 saturated heterocycles. The number of anilines is 1. The van der Waals surface area contributed by atoms with Crippen molar-refractivity contribution in [2.75, 3.05) is 26.0 Å². The Kier molecular flexibility index (Phi) is 6.36. The first-order valence-corrected chi connectivity index (χ1v) is 6.73. The first kappa shape index (κ1) is 15.5. The van der Waals surface area contributed by atoms with Crippen molar-refractivity contribution >= 4 is 11.6 Å². The van der Waals surface area contributed by atoms with Crippen LogP contribution in [0.3, 0.4) is 0 Å². The highest BCUT2D eigenvalue weighted by molar-refractivity contribution is 5.94. The molecule has 0 heterocycles. The third kappa shape index (κ3) is 4.91. The summed E-state index contributed by atoms with van der Waals surface area (Å²) >= 11 is 0. The number of hydrogen-bond acceptors (Lipinski definition) is 3. The van der Waals surface area contributed by atoms with Crippen molar-refractivity contribution in [3.05, 3.63) is 24.3 Å². The number of carbonyl (C=O) groups excluding carboxylic acids is 1. The number of likely N-dealkylation sites (N-methyl/N-ethyl adjacent to an activating group) is 1. The summed E-state index contributed by atoms with van der Waals surface area (Å²) in [6, 6.07) is 7.22. The number of ether oxygens (including phenoxy) is 1. The lowest BCUT2D eigenvalue weighted by molar-refractivity contribution is -0.120. The van der Waals surface area contributed by atoms with Crippen molar-refractivity contribution in [2.24, 2.45) is 0 Å². The Morgan fingerprint density at radius 2 is 2.00 bits per heavy atom. The molecule has 19 heavy (non-hydrogen) atoms. The number of nitrogens with zero attached hydrogens (tertiary/aromatic N) is 1. The molecule has 1 aromatic carbocycles. The van der Waals surface area contributed by atoms with E-state index in [1.807, 2.05) is 38.2 Å². The maximum Gasteiger partial charge on any atom is 0.241 e. The molecule has 4 nitrogen and oxygen atoms in total. The van der Waals surface area contributed by atoms with Crippen molar-refractivity contribution in [3.8, 4) is 5.75 Å². The van der Waals surface area contributed by atoms with Crippen molar-refractivity contribution in [3.63, 3.8) is 0 Å². The molecule has 0 aliphatic heterocycles. The van der Waals surface area contributed by atoms with E-state index in [-0.39, 0.29) is 11.9 Å². The lowest BCUT2D eigenvalue weighted by Gasteiger charge is -2.23. The molecule has 1 atom stereocenters. The zero-order valence-corrected chi connectivity index (χ0v) is 12.3. The van der Waals surface area contributed by atoms with Crippen LogP contribution in [-0.2, 0) is 4.79 Å². The molecule has 0 aromatic heterocycles. The van der Waals surface area contributed by atoms with Crippen LogP contribution in [0, 0.1) is 0 Å². The fourth-order valence-corrected chi connectivity index (χ4v) is 1.72. The van der Waals surface area contributed by atoms with E-state index in [0.29, 0.717) is 0 Å². The minimum absolute atomic E-state index is 0.0174. The van der Waals surface area contributed by atoms with Crippen LogP contribution in [0.25, 0.3) is 0 Å². The molecular formula is C15H24N2O2. The Hall–Kier alpha value is -1.55. The van der Waals surface area contributed by atoms with Crippen molar-refractivity contribution in [1.82, 2.24) is 4.90 Å². The first-order chi connectivity index (χ1) is 9.08. The van der Waals surface area contributed by atoms with E-state index in [4.69, 9.17) is 4.74 Å². The van der Waals surface area contributed by atoms with Gasteiger partial charge in [-0.2, -0.15) is 0 Å². The lowest BCUT2D eigenvalue weighted by Crippen LogP contribution is -2.40. The smallest absolute Gasteiger partial charge is 0.241 e. The summed E-state index contributed by atoms with van der Waals surface area (Å²) in [5, 5.41) is 2.91. The summed E-state index contributed by atoms with van der Waals surface area (Å²) in [6.45, 7) is 5.01. The van der Waals surface area contributed by atoms with Gasteiger partial charge in [-0.3, -0.25) is 9.69 Å². The van der Waals surface area contributed by atoms with Crippen LogP contribution in [0.4, 0.5) is 5.69 Å². The van der Waals surface area contributed by atoms with Gasteiger partial charge in [-0.1, -0.05) is 13.3 Å². The molecule has 4 heteroatoms. The van der Waals surface area contributed by atoms with Gasteiger partial charge in [-0.05, 0) is 51.2 Å². The fraction of sp³-hybridized carbons (Fsp3) is 0.533. The first-order valence-electron chi connectivity index (χ1n) is 6.73. The van der Waals surface area contributed by atoms with E-state index >= 15 is 0 Å². The molecule has 1 N–H and O–H groups in total. The topological polar surface area (TPSA) is 41.6 Å². The third-order valence-electron chi connectivity index (χ3n) is 3.26. The zero-order chi connectivity index (χ0) is 14.3. The molecule has 0 saturated carbocycles. The van der Waals surface area contributed by atoms with Gasteiger partial charge < -0.3 is 10.1 Å². The van der Waals surface area contributed by atoms with Gasteiger partial charge in [0.15, 0.2) is 0 Å². The number of rotatable bonds is 7. The average molecular weight is 264 g/mol. The molecule has 0 spiro atoms. The number of benzene rings is 1. The fourth-order valence-electron chi connectivity index (χ4n) is 1.72. The molecular weight excluding hydrogens is 240 g/mol. The second-order valence-electron chi connectivity index (χ2n) is 4.73. The summed E-state index contributed by atoms with van der Waals surface area (Å²) in [4.78, 5) is 14.2. The van der Waals surface area contributed by atoms with E-state index in [1.54, 1.807) is 7.11 Å². The highest BCUT2D eigenvalue weighted by atomic mass is 16.5. The van der Waals surface area contributed by atoms with Crippen molar-refractivity contribution in [1.29, 1.82) is 0 Å². The van der Waals surface area contributed by atoms with Gasteiger partial charge in [0, 0.05) is 5.69 Å². The molecule has 1 amide bonds. The second kappa shape index (κ2) is 7.79. The maximum absolute atomic E-state index is 12.1.